The zero-order valence-electron chi connectivity index (χ0n) is 10.1. The fourth-order valence-electron chi connectivity index (χ4n) is 1.58. The summed E-state index contributed by atoms with van der Waals surface area (Å²) in [6.45, 7) is 7.60. The molecule has 0 unspecified atom stereocenters. The Morgan fingerprint density at radius 2 is 2.20 bits per heavy atom. The minimum Gasteiger partial charge on any atom is -0.346 e. The molecule has 0 bridgehead atoms. The molecule has 3 nitrogen and oxygen atoms in total. The van der Waals surface area contributed by atoms with Crippen LogP contribution in [0, 0.1) is 0 Å². The van der Waals surface area contributed by atoms with Crippen LogP contribution in [0.4, 0.5) is 0 Å². The number of rotatable bonds is 7. The monoisotopic (exact) mass is 209 g/mol. The quantitative estimate of drug-likeness (QED) is 0.676. The highest BCUT2D eigenvalue weighted by molar-refractivity contribution is 5.01. The summed E-state index contributed by atoms with van der Waals surface area (Å²) in [6.07, 6.45) is 6.45. The van der Waals surface area contributed by atoms with Crippen LogP contribution >= 0.6 is 0 Å². The summed E-state index contributed by atoms with van der Waals surface area (Å²) >= 11 is 0. The van der Waals surface area contributed by atoms with Crippen molar-refractivity contribution in [1.29, 1.82) is 0 Å². The van der Waals surface area contributed by atoms with Gasteiger partial charge in [-0.2, -0.15) is 0 Å². The molecule has 1 aromatic heterocycles. The Morgan fingerprint density at radius 3 is 2.87 bits per heavy atom. The van der Waals surface area contributed by atoms with Crippen molar-refractivity contribution in [1.82, 2.24) is 15.3 Å². The maximum Gasteiger partial charge on any atom is 0.106 e. The number of hydrogen-bond acceptors (Lipinski definition) is 2. The number of aromatic nitrogens is 2. The van der Waals surface area contributed by atoms with E-state index in [1.165, 1.54) is 12.1 Å². The number of aromatic amines is 1. The summed E-state index contributed by atoms with van der Waals surface area (Å²) in [5, 5.41) is 3.41. The topological polar surface area (TPSA) is 40.7 Å². The molecule has 0 atom stereocenters. The van der Waals surface area contributed by atoms with Crippen molar-refractivity contribution >= 4 is 0 Å². The molecule has 1 heterocycles. The molecule has 15 heavy (non-hydrogen) atoms. The Hall–Kier alpha value is -0.830. The molecule has 0 saturated carbocycles. The second-order valence-corrected chi connectivity index (χ2v) is 4.32. The lowest BCUT2D eigenvalue weighted by atomic mass is 10.2. The van der Waals surface area contributed by atoms with E-state index in [4.69, 9.17) is 0 Å². The highest BCUT2D eigenvalue weighted by atomic mass is 14.9. The molecule has 0 spiro atoms. The Kier molecular flexibility index (Phi) is 5.40. The number of aryl methyl sites for hydroxylation is 2. The van der Waals surface area contributed by atoms with Crippen molar-refractivity contribution in [2.45, 2.75) is 52.5 Å². The van der Waals surface area contributed by atoms with E-state index in [1.54, 1.807) is 0 Å². The van der Waals surface area contributed by atoms with Crippen LogP contribution in [-0.4, -0.2) is 22.6 Å². The summed E-state index contributed by atoms with van der Waals surface area (Å²) in [5.74, 6) is 1.13. The van der Waals surface area contributed by atoms with Gasteiger partial charge in [0.25, 0.3) is 0 Å². The second-order valence-electron chi connectivity index (χ2n) is 4.32. The first-order chi connectivity index (χ1) is 7.22. The number of H-pyrrole nitrogens is 1. The third-order valence-corrected chi connectivity index (χ3v) is 2.34. The van der Waals surface area contributed by atoms with Crippen molar-refractivity contribution in [2.75, 3.05) is 6.54 Å². The van der Waals surface area contributed by atoms with Crippen molar-refractivity contribution in [3.8, 4) is 0 Å². The van der Waals surface area contributed by atoms with Gasteiger partial charge in [-0.1, -0.05) is 27.2 Å². The Labute approximate surface area is 92.7 Å². The van der Waals surface area contributed by atoms with Gasteiger partial charge < -0.3 is 10.3 Å². The van der Waals surface area contributed by atoms with Gasteiger partial charge in [0.2, 0.25) is 0 Å². The van der Waals surface area contributed by atoms with E-state index >= 15 is 0 Å². The van der Waals surface area contributed by atoms with Gasteiger partial charge >= 0.3 is 0 Å². The largest absolute Gasteiger partial charge is 0.346 e. The van der Waals surface area contributed by atoms with Gasteiger partial charge in [-0.3, -0.25) is 0 Å². The van der Waals surface area contributed by atoms with Gasteiger partial charge in [0.15, 0.2) is 0 Å². The molecule has 1 aromatic rings. The van der Waals surface area contributed by atoms with Gasteiger partial charge in [0, 0.05) is 24.4 Å². The first-order valence-electron chi connectivity index (χ1n) is 5.98. The molecule has 0 radical (unpaired) electrons. The highest BCUT2D eigenvalue weighted by Gasteiger charge is 1.99. The molecule has 0 aliphatic carbocycles. The zero-order chi connectivity index (χ0) is 11.1. The third-order valence-electron chi connectivity index (χ3n) is 2.34. The smallest absolute Gasteiger partial charge is 0.106 e. The molecule has 0 aromatic carbocycles. The Balaban J connectivity index is 2.19. The van der Waals surface area contributed by atoms with Crippen LogP contribution in [0.5, 0.6) is 0 Å². The van der Waals surface area contributed by atoms with Crippen LogP contribution in [0.1, 0.15) is 45.1 Å². The maximum absolute atomic E-state index is 4.37. The van der Waals surface area contributed by atoms with Crippen molar-refractivity contribution in [3.05, 3.63) is 17.7 Å². The van der Waals surface area contributed by atoms with E-state index < -0.39 is 0 Å². The van der Waals surface area contributed by atoms with Crippen LogP contribution in [0.15, 0.2) is 6.20 Å². The minimum absolute atomic E-state index is 0.581. The summed E-state index contributed by atoms with van der Waals surface area (Å²) < 4.78 is 0. The van der Waals surface area contributed by atoms with Crippen LogP contribution in [0.2, 0.25) is 0 Å². The molecule has 86 valence electrons. The van der Waals surface area contributed by atoms with E-state index in [0.29, 0.717) is 6.04 Å². The number of imidazole rings is 1. The lowest BCUT2D eigenvalue weighted by molar-refractivity contribution is 0.566. The van der Waals surface area contributed by atoms with Crippen LogP contribution < -0.4 is 5.32 Å². The predicted molar refractivity (Wildman–Crippen MR) is 64.0 cm³/mol. The molecule has 2 N–H and O–H groups in total. The van der Waals surface area contributed by atoms with Gasteiger partial charge in [-0.15, -0.1) is 0 Å². The van der Waals surface area contributed by atoms with E-state index in [1.807, 2.05) is 6.20 Å². The summed E-state index contributed by atoms with van der Waals surface area (Å²) in [6, 6.07) is 0.581. The third kappa shape index (κ3) is 4.98. The average molecular weight is 209 g/mol. The minimum atomic E-state index is 0.581. The van der Waals surface area contributed by atoms with Gasteiger partial charge in [0.05, 0.1) is 0 Å². The van der Waals surface area contributed by atoms with Crippen LogP contribution in [-0.2, 0) is 12.8 Å². The predicted octanol–water partition coefficient (Wildman–Crippen LogP) is 2.29. The number of nitrogens with one attached hydrogen (secondary N) is 2. The summed E-state index contributed by atoms with van der Waals surface area (Å²) in [7, 11) is 0. The number of hydrogen-bond donors (Lipinski definition) is 2. The zero-order valence-corrected chi connectivity index (χ0v) is 10.1. The van der Waals surface area contributed by atoms with Crippen LogP contribution in [0.25, 0.3) is 0 Å². The standard InChI is InChI=1S/C12H23N3/c1-4-6-11-9-14-12(15-11)7-5-8-13-10(2)3/h9-10,13H,4-8H2,1-3H3,(H,14,15). The Morgan fingerprint density at radius 1 is 1.40 bits per heavy atom. The molecule has 0 amide bonds. The molecule has 1 rings (SSSR count). The lowest BCUT2D eigenvalue weighted by Crippen LogP contribution is -2.24. The van der Waals surface area contributed by atoms with E-state index in [9.17, 15) is 0 Å². The summed E-state index contributed by atoms with van der Waals surface area (Å²) in [4.78, 5) is 7.73. The fourth-order valence-corrected chi connectivity index (χ4v) is 1.58. The van der Waals surface area contributed by atoms with Gasteiger partial charge in [0.1, 0.15) is 5.82 Å². The highest BCUT2D eigenvalue weighted by Crippen LogP contribution is 2.02. The molecule has 3 heteroatoms. The lowest BCUT2D eigenvalue weighted by Gasteiger charge is -2.06. The van der Waals surface area contributed by atoms with Crippen molar-refractivity contribution < 1.29 is 0 Å². The summed E-state index contributed by atoms with van der Waals surface area (Å²) in [5.41, 5.74) is 1.27. The van der Waals surface area contributed by atoms with E-state index in [-0.39, 0.29) is 0 Å². The van der Waals surface area contributed by atoms with Crippen molar-refractivity contribution in [2.24, 2.45) is 0 Å². The van der Waals surface area contributed by atoms with E-state index in [0.717, 1.165) is 31.6 Å². The first-order valence-corrected chi connectivity index (χ1v) is 5.98. The molecule has 0 fully saturated rings. The van der Waals surface area contributed by atoms with Crippen molar-refractivity contribution in [3.63, 3.8) is 0 Å². The number of nitrogens with zero attached hydrogens (tertiary/aromatic N) is 1. The fraction of sp³-hybridized carbons (Fsp3) is 0.750. The Bertz CT molecular complexity index is 266. The maximum atomic E-state index is 4.37. The van der Waals surface area contributed by atoms with Gasteiger partial charge in [-0.05, 0) is 19.4 Å². The van der Waals surface area contributed by atoms with E-state index in [2.05, 4.69) is 36.1 Å². The molecule has 0 saturated heterocycles. The SMILES string of the molecule is CCCc1cnc(CCCNC(C)C)[nH]1. The first kappa shape index (κ1) is 12.2. The van der Waals surface area contributed by atoms with Gasteiger partial charge in [-0.25, -0.2) is 4.98 Å². The average Bonchev–Trinajstić information content (AvgIpc) is 2.61. The normalized spacial score (nSPS) is 11.2. The molecular weight excluding hydrogens is 186 g/mol. The van der Waals surface area contributed by atoms with Crippen LogP contribution in [0.3, 0.4) is 0 Å². The molecule has 0 aliphatic heterocycles. The molecular formula is C12H23N3. The second kappa shape index (κ2) is 6.62. The molecule has 0 aliphatic rings.